The van der Waals surface area contributed by atoms with Crippen molar-refractivity contribution in [1.29, 1.82) is 0 Å². The molecule has 1 saturated carbocycles. The molecule has 0 aliphatic heterocycles. The fraction of sp³-hybridized carbons (Fsp3) is 0.333. The van der Waals surface area contributed by atoms with Gasteiger partial charge in [0.1, 0.15) is 17.5 Å². The van der Waals surface area contributed by atoms with Gasteiger partial charge in [0, 0.05) is 28.4 Å². The largest absolute Gasteiger partial charge is 0.479 e. The molecule has 0 bridgehead atoms. The number of aliphatic carboxylic acids is 1. The number of carboxylic acids is 1. The second-order valence-corrected chi connectivity index (χ2v) is 8.58. The normalized spacial score (nSPS) is 14.8. The van der Waals surface area contributed by atoms with Gasteiger partial charge < -0.3 is 19.1 Å². The van der Waals surface area contributed by atoms with Crippen LogP contribution >= 0.6 is 11.6 Å². The van der Waals surface area contributed by atoms with Crippen LogP contribution in [0.4, 0.5) is 10.5 Å². The van der Waals surface area contributed by atoms with Gasteiger partial charge in [-0.2, -0.15) is 0 Å². The molecule has 4 rings (SSSR count). The number of nitrogens with one attached hydrogen (secondary N) is 1. The topological polar surface area (TPSA) is 124 Å². The molecular weight excluding hydrogens is 462 g/mol. The van der Waals surface area contributed by atoms with E-state index in [0.717, 1.165) is 12.8 Å². The Labute approximate surface area is 201 Å². The molecule has 34 heavy (non-hydrogen) atoms. The van der Waals surface area contributed by atoms with Gasteiger partial charge in [-0.05, 0) is 38.3 Å². The molecule has 1 aromatic carbocycles. The summed E-state index contributed by atoms with van der Waals surface area (Å²) in [7, 11) is 0. The second kappa shape index (κ2) is 10.1. The summed E-state index contributed by atoms with van der Waals surface area (Å²) in [5, 5.41) is 16.5. The SMILES string of the molecule is Cc1noc(-c2ccc(OC(CC3CC3)C(=O)O)nc2)c1NC(=O)OC(C)c1ccccc1Cl. The number of nitrogens with zero attached hydrogens (tertiary/aromatic N) is 2. The fourth-order valence-electron chi connectivity index (χ4n) is 3.46. The van der Waals surface area contributed by atoms with Crippen molar-refractivity contribution in [3.63, 3.8) is 0 Å². The van der Waals surface area contributed by atoms with Crippen molar-refractivity contribution in [2.24, 2.45) is 5.92 Å². The maximum atomic E-state index is 12.5. The lowest BCUT2D eigenvalue weighted by atomic mass is 10.1. The number of halogens is 1. The number of carbonyl (C=O) groups is 2. The standard InChI is InChI=1S/C24H24ClN3O6/c1-13-21(27-24(31)32-14(2)17-5-3-4-6-18(17)25)22(34-28-13)16-9-10-20(26-12-16)33-19(23(29)30)11-15-7-8-15/h3-6,9-10,12,14-15,19H,7-8,11H2,1-2H3,(H,27,31)(H,29,30). The molecule has 2 atom stereocenters. The van der Waals surface area contributed by atoms with Crippen LogP contribution in [0.15, 0.2) is 47.1 Å². The second-order valence-electron chi connectivity index (χ2n) is 8.18. The van der Waals surface area contributed by atoms with E-state index in [1.807, 2.05) is 6.07 Å². The van der Waals surface area contributed by atoms with E-state index >= 15 is 0 Å². The van der Waals surface area contributed by atoms with Gasteiger partial charge in [0.15, 0.2) is 11.9 Å². The van der Waals surface area contributed by atoms with Gasteiger partial charge in [-0.1, -0.05) is 47.8 Å². The minimum atomic E-state index is -1.01. The molecule has 2 heterocycles. The number of ether oxygens (including phenoxy) is 2. The van der Waals surface area contributed by atoms with Gasteiger partial charge in [0.05, 0.1) is 0 Å². The summed E-state index contributed by atoms with van der Waals surface area (Å²) < 4.78 is 16.4. The molecule has 1 aliphatic carbocycles. The van der Waals surface area contributed by atoms with Gasteiger partial charge in [-0.15, -0.1) is 0 Å². The van der Waals surface area contributed by atoms with E-state index in [1.54, 1.807) is 44.2 Å². The van der Waals surface area contributed by atoms with Gasteiger partial charge in [-0.3, -0.25) is 5.32 Å². The summed E-state index contributed by atoms with van der Waals surface area (Å²) in [6.45, 7) is 3.40. The number of hydrogen-bond acceptors (Lipinski definition) is 7. The van der Waals surface area contributed by atoms with E-state index in [0.29, 0.717) is 39.9 Å². The van der Waals surface area contributed by atoms with Crippen molar-refractivity contribution in [3.05, 3.63) is 58.9 Å². The van der Waals surface area contributed by atoms with Gasteiger partial charge in [0.25, 0.3) is 0 Å². The number of amides is 1. The average Bonchev–Trinajstić information content (AvgIpc) is 3.56. The Kier molecular flexibility index (Phi) is 7.02. The number of aryl methyl sites for hydroxylation is 1. The predicted octanol–water partition coefficient (Wildman–Crippen LogP) is 5.64. The molecule has 2 N–H and O–H groups in total. The molecule has 178 valence electrons. The van der Waals surface area contributed by atoms with Crippen LogP contribution in [-0.4, -0.2) is 33.4 Å². The molecule has 2 unspecified atom stereocenters. The highest BCUT2D eigenvalue weighted by Gasteiger charge is 2.31. The average molecular weight is 486 g/mol. The number of rotatable bonds is 9. The highest BCUT2D eigenvalue weighted by Crippen LogP contribution is 2.35. The number of anilines is 1. The van der Waals surface area contributed by atoms with Crippen LogP contribution in [0.1, 0.15) is 43.5 Å². The summed E-state index contributed by atoms with van der Waals surface area (Å²) in [5.41, 5.74) is 2.00. The van der Waals surface area contributed by atoms with Crippen molar-refractivity contribution in [3.8, 4) is 17.2 Å². The zero-order valence-electron chi connectivity index (χ0n) is 18.7. The Balaban J connectivity index is 1.44. The quantitative estimate of drug-likeness (QED) is 0.399. The zero-order chi connectivity index (χ0) is 24.2. The lowest BCUT2D eigenvalue weighted by molar-refractivity contribution is -0.145. The molecular formula is C24H24ClN3O6. The number of benzene rings is 1. The predicted molar refractivity (Wildman–Crippen MR) is 124 cm³/mol. The molecule has 9 nitrogen and oxygen atoms in total. The van der Waals surface area contributed by atoms with E-state index < -0.39 is 24.3 Å². The Morgan fingerprint density at radius 1 is 1.26 bits per heavy atom. The van der Waals surface area contributed by atoms with Crippen LogP contribution in [0.5, 0.6) is 5.88 Å². The monoisotopic (exact) mass is 485 g/mol. The zero-order valence-corrected chi connectivity index (χ0v) is 19.4. The Bertz CT molecular complexity index is 1180. The van der Waals surface area contributed by atoms with E-state index in [9.17, 15) is 14.7 Å². The number of hydrogen-bond donors (Lipinski definition) is 2. The maximum Gasteiger partial charge on any atom is 0.412 e. The lowest BCUT2D eigenvalue weighted by Crippen LogP contribution is -2.27. The first-order chi connectivity index (χ1) is 16.3. The highest BCUT2D eigenvalue weighted by atomic mass is 35.5. The van der Waals surface area contributed by atoms with E-state index in [2.05, 4.69) is 15.5 Å². The third-order valence-corrected chi connectivity index (χ3v) is 5.84. The van der Waals surface area contributed by atoms with Crippen LogP contribution in [0.25, 0.3) is 11.3 Å². The summed E-state index contributed by atoms with van der Waals surface area (Å²) >= 11 is 6.18. The van der Waals surface area contributed by atoms with Gasteiger partial charge in [-0.25, -0.2) is 14.6 Å². The highest BCUT2D eigenvalue weighted by molar-refractivity contribution is 6.31. The molecule has 1 aliphatic rings. The third kappa shape index (κ3) is 5.66. The smallest absolute Gasteiger partial charge is 0.412 e. The summed E-state index contributed by atoms with van der Waals surface area (Å²) in [4.78, 5) is 28.2. The molecule has 0 saturated heterocycles. The Morgan fingerprint density at radius 3 is 2.68 bits per heavy atom. The lowest BCUT2D eigenvalue weighted by Gasteiger charge is -2.15. The minimum absolute atomic E-state index is 0.190. The van der Waals surface area contributed by atoms with Crippen molar-refractivity contribution in [2.75, 3.05) is 5.32 Å². The fourth-order valence-corrected chi connectivity index (χ4v) is 3.75. The van der Waals surface area contributed by atoms with Crippen molar-refractivity contribution in [1.82, 2.24) is 10.1 Å². The Morgan fingerprint density at radius 2 is 2.03 bits per heavy atom. The first-order valence-electron chi connectivity index (χ1n) is 10.9. The third-order valence-electron chi connectivity index (χ3n) is 5.50. The molecule has 0 spiro atoms. The molecule has 2 aromatic heterocycles. The first kappa shape index (κ1) is 23.6. The van der Waals surface area contributed by atoms with Crippen molar-refractivity contribution < 1.29 is 28.7 Å². The number of pyridine rings is 1. The van der Waals surface area contributed by atoms with Crippen LogP contribution in [0.3, 0.4) is 0 Å². The van der Waals surface area contributed by atoms with Crippen molar-refractivity contribution >= 4 is 29.4 Å². The van der Waals surface area contributed by atoms with Gasteiger partial charge >= 0.3 is 12.1 Å². The van der Waals surface area contributed by atoms with Crippen LogP contribution in [0, 0.1) is 12.8 Å². The first-order valence-corrected chi connectivity index (χ1v) is 11.2. The molecule has 1 fully saturated rings. The van der Waals surface area contributed by atoms with E-state index in [4.69, 9.17) is 25.6 Å². The summed E-state index contributed by atoms with van der Waals surface area (Å²) in [6, 6.07) is 10.3. The number of carboxylic acid groups (broad SMARTS) is 1. The molecule has 1 amide bonds. The minimum Gasteiger partial charge on any atom is -0.479 e. The van der Waals surface area contributed by atoms with E-state index in [-0.39, 0.29) is 11.6 Å². The molecule has 0 radical (unpaired) electrons. The van der Waals surface area contributed by atoms with Crippen LogP contribution < -0.4 is 10.1 Å². The maximum absolute atomic E-state index is 12.5. The molecule has 10 heteroatoms. The number of aromatic nitrogens is 2. The number of carbonyl (C=O) groups excluding carboxylic acids is 1. The van der Waals surface area contributed by atoms with Crippen molar-refractivity contribution in [2.45, 2.75) is 45.3 Å². The van der Waals surface area contributed by atoms with Crippen LogP contribution in [0.2, 0.25) is 5.02 Å². The van der Waals surface area contributed by atoms with Crippen LogP contribution in [-0.2, 0) is 9.53 Å². The summed E-state index contributed by atoms with van der Waals surface area (Å²) in [5.74, 6) is -0.145. The van der Waals surface area contributed by atoms with Gasteiger partial charge in [0.2, 0.25) is 5.88 Å². The van der Waals surface area contributed by atoms with E-state index in [1.165, 1.54) is 6.20 Å². The molecule has 3 aromatic rings. The summed E-state index contributed by atoms with van der Waals surface area (Å²) in [6.07, 6.45) is 1.77. The Hall–Kier alpha value is -3.59.